The van der Waals surface area contributed by atoms with Gasteiger partial charge in [-0.2, -0.15) is 0 Å². The number of rotatable bonds is 6. The topological polar surface area (TPSA) is 145 Å². The molecule has 2 aliphatic rings. The van der Waals surface area contributed by atoms with E-state index in [2.05, 4.69) is 10.3 Å². The average molecular weight is 643 g/mol. The fourth-order valence-corrected chi connectivity index (χ4v) is 8.14. The van der Waals surface area contributed by atoms with Crippen LogP contribution in [-0.4, -0.2) is 37.4 Å². The lowest BCUT2D eigenvalue weighted by Gasteiger charge is -2.30. The SMILES string of the molecule is O=C(Cn1c2c(sc1=O)C(c1cccnc1)C1C(=O)N(c3ccc([N+](=O)[O-])cc3)C(=O)C1S2)Nc1ccc(Cl)c(Cl)c1. The first-order valence-electron chi connectivity index (χ1n) is 12.3. The highest BCUT2D eigenvalue weighted by molar-refractivity contribution is 8.00. The molecule has 3 atom stereocenters. The van der Waals surface area contributed by atoms with Gasteiger partial charge in [0.1, 0.15) is 11.8 Å². The largest absolute Gasteiger partial charge is 0.324 e. The number of fused-ring (bicyclic) bond motifs is 2. The molecule has 4 heterocycles. The van der Waals surface area contributed by atoms with Crippen LogP contribution in [0.1, 0.15) is 16.4 Å². The average Bonchev–Trinajstić information content (AvgIpc) is 3.41. The van der Waals surface area contributed by atoms with E-state index in [4.69, 9.17) is 23.2 Å². The number of hydrogen-bond acceptors (Lipinski definition) is 9. The number of carbonyl (C=O) groups excluding carboxylic acids is 3. The van der Waals surface area contributed by atoms with Gasteiger partial charge < -0.3 is 5.32 Å². The number of benzene rings is 2. The summed E-state index contributed by atoms with van der Waals surface area (Å²) in [5, 5.41) is 13.9. The summed E-state index contributed by atoms with van der Waals surface area (Å²) in [6.07, 6.45) is 3.16. The van der Waals surface area contributed by atoms with Gasteiger partial charge >= 0.3 is 4.87 Å². The Morgan fingerprint density at radius 1 is 1.05 bits per heavy atom. The number of nitrogens with one attached hydrogen (secondary N) is 1. The number of pyridine rings is 1. The minimum Gasteiger partial charge on any atom is -0.324 e. The minimum absolute atomic E-state index is 0.178. The van der Waals surface area contributed by atoms with Crippen LogP contribution >= 0.6 is 46.3 Å². The van der Waals surface area contributed by atoms with E-state index in [1.165, 1.54) is 41.0 Å². The first-order chi connectivity index (χ1) is 20.1. The van der Waals surface area contributed by atoms with Gasteiger partial charge in [0.2, 0.25) is 17.7 Å². The highest BCUT2D eigenvalue weighted by atomic mass is 35.5. The number of carbonyl (C=O) groups is 3. The number of hydrogen-bond donors (Lipinski definition) is 1. The minimum atomic E-state index is -0.913. The molecule has 2 aromatic carbocycles. The third-order valence-corrected chi connectivity index (χ3v) is 10.3. The molecule has 0 radical (unpaired) electrons. The second kappa shape index (κ2) is 11.0. The van der Waals surface area contributed by atoms with Crippen molar-refractivity contribution in [3.8, 4) is 0 Å². The number of thioether (sulfide) groups is 1. The van der Waals surface area contributed by atoms with Crippen LogP contribution in [-0.2, 0) is 20.9 Å². The Morgan fingerprint density at radius 2 is 1.81 bits per heavy atom. The van der Waals surface area contributed by atoms with E-state index in [0.29, 0.717) is 26.2 Å². The summed E-state index contributed by atoms with van der Waals surface area (Å²) in [7, 11) is 0. The molecule has 6 rings (SSSR count). The molecule has 1 N–H and O–H groups in total. The monoisotopic (exact) mass is 641 g/mol. The van der Waals surface area contributed by atoms with Gasteiger partial charge in [-0.25, -0.2) is 4.90 Å². The first kappa shape index (κ1) is 28.1. The molecule has 2 aliphatic heterocycles. The molecular weight excluding hydrogens is 625 g/mol. The van der Waals surface area contributed by atoms with Crippen molar-refractivity contribution in [2.24, 2.45) is 5.92 Å². The van der Waals surface area contributed by atoms with Crippen LogP contribution in [0.5, 0.6) is 0 Å². The second-order valence-corrected chi connectivity index (χ2v) is 12.4. The van der Waals surface area contributed by atoms with Crippen LogP contribution in [0.15, 0.2) is 76.8 Å². The molecule has 0 spiro atoms. The third-order valence-electron chi connectivity index (χ3n) is 6.92. The molecule has 0 bridgehead atoms. The van der Waals surface area contributed by atoms with E-state index in [0.717, 1.165) is 28.0 Å². The zero-order valence-corrected chi connectivity index (χ0v) is 24.2. The fourth-order valence-electron chi connectivity index (χ4n) is 5.07. The summed E-state index contributed by atoms with van der Waals surface area (Å²) in [6.45, 7) is -0.344. The number of non-ortho nitro benzene ring substituents is 1. The second-order valence-electron chi connectivity index (χ2n) is 9.41. The van der Waals surface area contributed by atoms with Crippen LogP contribution in [0.2, 0.25) is 10.0 Å². The van der Waals surface area contributed by atoms with Crippen molar-refractivity contribution in [1.82, 2.24) is 9.55 Å². The predicted molar refractivity (Wildman–Crippen MR) is 158 cm³/mol. The summed E-state index contributed by atoms with van der Waals surface area (Å²) in [4.78, 5) is 69.7. The summed E-state index contributed by atoms with van der Waals surface area (Å²) < 4.78 is 1.30. The molecular formula is C27H17Cl2N5O6S2. The third kappa shape index (κ3) is 4.87. The lowest BCUT2D eigenvalue weighted by atomic mass is 9.84. The molecule has 1 saturated heterocycles. The van der Waals surface area contributed by atoms with Crippen LogP contribution in [0, 0.1) is 16.0 Å². The maximum absolute atomic E-state index is 13.9. The van der Waals surface area contributed by atoms with Crippen LogP contribution in [0.25, 0.3) is 0 Å². The summed E-state index contributed by atoms with van der Waals surface area (Å²) in [5.74, 6) is -3.06. The van der Waals surface area contributed by atoms with Crippen molar-refractivity contribution >= 4 is 81.1 Å². The molecule has 0 aliphatic carbocycles. The van der Waals surface area contributed by atoms with Gasteiger partial charge in [0.05, 0.1) is 31.6 Å². The van der Waals surface area contributed by atoms with Gasteiger partial charge in [0, 0.05) is 41.0 Å². The van der Waals surface area contributed by atoms with Crippen LogP contribution < -0.4 is 15.1 Å². The molecule has 15 heteroatoms. The molecule has 1 fully saturated rings. The van der Waals surface area contributed by atoms with Gasteiger partial charge in [-0.1, -0.05) is 52.4 Å². The Kier molecular flexibility index (Phi) is 7.35. The molecule has 2 aromatic heterocycles. The van der Waals surface area contributed by atoms with E-state index < -0.39 is 44.6 Å². The number of nitrogens with zero attached hydrogens (tertiary/aromatic N) is 4. The summed E-state index contributed by atoms with van der Waals surface area (Å²) >= 11 is 14.0. The van der Waals surface area contributed by atoms with Gasteiger partial charge in [-0.05, 0) is 42.0 Å². The Labute approximate surface area is 255 Å². The van der Waals surface area contributed by atoms with E-state index in [1.54, 1.807) is 30.6 Å². The normalized spacial score (nSPS) is 19.4. The summed E-state index contributed by atoms with van der Waals surface area (Å²) in [6, 6.07) is 13.2. The van der Waals surface area contributed by atoms with Gasteiger partial charge in [-0.15, -0.1) is 0 Å². The predicted octanol–water partition coefficient (Wildman–Crippen LogP) is 4.95. The smallest absolute Gasteiger partial charge is 0.308 e. The van der Waals surface area contributed by atoms with E-state index in [1.807, 2.05) is 0 Å². The molecule has 3 amide bonds. The number of aromatic nitrogens is 2. The molecule has 11 nitrogen and oxygen atoms in total. The van der Waals surface area contributed by atoms with Crippen LogP contribution in [0.4, 0.5) is 17.1 Å². The van der Waals surface area contributed by atoms with Crippen LogP contribution in [0.3, 0.4) is 0 Å². The molecule has 212 valence electrons. The number of nitro groups is 1. The molecule has 42 heavy (non-hydrogen) atoms. The first-order valence-corrected chi connectivity index (χ1v) is 14.8. The highest BCUT2D eigenvalue weighted by Crippen LogP contribution is 2.53. The standard InChI is InChI=1S/C27H17Cl2N5O6S2/c28-17-8-3-14(10-18(17)29)31-19(35)12-32-26-23(42-27(32)38)20(13-2-1-9-30-11-13)21-22(41-26)25(37)33(24(21)36)15-4-6-16(7-5-15)34(39)40/h1-11,20-22H,12H2,(H,31,35). The van der Waals surface area contributed by atoms with Gasteiger partial charge in [-0.3, -0.25) is 38.8 Å². The van der Waals surface area contributed by atoms with Gasteiger partial charge in [0.15, 0.2) is 0 Å². The zero-order valence-electron chi connectivity index (χ0n) is 21.1. The number of thiazole rings is 1. The Balaban J connectivity index is 1.37. The van der Waals surface area contributed by atoms with E-state index in [9.17, 15) is 29.3 Å². The van der Waals surface area contributed by atoms with Crippen molar-refractivity contribution < 1.29 is 19.3 Å². The van der Waals surface area contributed by atoms with Crippen molar-refractivity contribution in [2.45, 2.75) is 22.7 Å². The van der Waals surface area contributed by atoms with Crippen molar-refractivity contribution in [2.75, 3.05) is 10.2 Å². The Hall–Kier alpha value is -4.04. The van der Waals surface area contributed by atoms with E-state index >= 15 is 0 Å². The Morgan fingerprint density at radius 3 is 2.48 bits per heavy atom. The highest BCUT2D eigenvalue weighted by Gasteiger charge is 2.57. The molecule has 3 unspecified atom stereocenters. The lowest BCUT2D eigenvalue weighted by molar-refractivity contribution is -0.384. The number of halogens is 2. The number of anilines is 2. The lowest BCUT2D eigenvalue weighted by Crippen LogP contribution is -2.33. The van der Waals surface area contributed by atoms with Crippen molar-refractivity contribution in [3.05, 3.63) is 107 Å². The van der Waals surface area contributed by atoms with Crippen molar-refractivity contribution in [3.63, 3.8) is 0 Å². The molecule has 0 saturated carbocycles. The maximum atomic E-state index is 13.9. The Bertz CT molecular complexity index is 1830. The zero-order chi connectivity index (χ0) is 29.7. The fraction of sp³-hybridized carbons (Fsp3) is 0.148. The number of amides is 3. The quantitative estimate of drug-likeness (QED) is 0.177. The number of imide groups is 1. The summed E-state index contributed by atoms with van der Waals surface area (Å²) in [5.41, 5.74) is 1.05. The molecule has 4 aromatic rings. The maximum Gasteiger partial charge on any atom is 0.308 e. The van der Waals surface area contributed by atoms with E-state index in [-0.39, 0.29) is 22.9 Å². The number of nitro benzene ring substituents is 1. The van der Waals surface area contributed by atoms with Crippen molar-refractivity contribution in [1.29, 1.82) is 0 Å². The van der Waals surface area contributed by atoms with Gasteiger partial charge in [0.25, 0.3) is 5.69 Å².